The number of pyridine rings is 1. The summed E-state index contributed by atoms with van der Waals surface area (Å²) in [7, 11) is -0.491. The zero-order valence-electron chi connectivity index (χ0n) is 23.7. The number of nitrogens with zero attached hydrogens (tertiary/aromatic N) is 3. The Hall–Kier alpha value is -2.68. The van der Waals surface area contributed by atoms with E-state index in [0.717, 1.165) is 23.0 Å². The largest absolute Gasteiger partial charge is 0.496 e. The van der Waals surface area contributed by atoms with Crippen molar-refractivity contribution in [1.29, 1.82) is 0 Å². The van der Waals surface area contributed by atoms with Gasteiger partial charge in [0.2, 0.25) is 0 Å². The summed E-state index contributed by atoms with van der Waals surface area (Å²) in [6, 6.07) is 13.0. The molecule has 3 fully saturated rings. The molecule has 3 aliphatic rings. The van der Waals surface area contributed by atoms with E-state index in [4.69, 9.17) is 19.0 Å². The molecule has 1 aliphatic carbocycles. The van der Waals surface area contributed by atoms with Gasteiger partial charge in [0.05, 0.1) is 35.5 Å². The van der Waals surface area contributed by atoms with Gasteiger partial charge in [0.15, 0.2) is 0 Å². The molecule has 0 radical (unpaired) electrons. The standard InChI is InChI=1S/C31H40BN3O4/c1-30(2)31(3,4)39-32(38-30)25-18-27-28(33-19-25)26(29(36)34-14-16-37-17-15-34)21-35(27)20-22-10-12-24(13-11-22)23-8-6-5-7-9-23/h5-9,18-19,21-22,24H,10-17,20H2,1-4H3. The maximum absolute atomic E-state index is 13.6. The van der Waals surface area contributed by atoms with Gasteiger partial charge in [0.1, 0.15) is 5.52 Å². The number of amides is 1. The summed E-state index contributed by atoms with van der Waals surface area (Å²) in [5.74, 6) is 1.23. The van der Waals surface area contributed by atoms with Gasteiger partial charge in [-0.2, -0.15) is 0 Å². The summed E-state index contributed by atoms with van der Waals surface area (Å²) in [4.78, 5) is 20.3. The van der Waals surface area contributed by atoms with Crippen LogP contribution in [0.4, 0.5) is 0 Å². The number of morpholine rings is 1. The molecule has 2 aromatic heterocycles. The molecule has 0 bridgehead atoms. The van der Waals surface area contributed by atoms with Gasteiger partial charge in [-0.25, -0.2) is 0 Å². The summed E-state index contributed by atoms with van der Waals surface area (Å²) >= 11 is 0. The molecule has 39 heavy (non-hydrogen) atoms. The molecule has 8 heteroatoms. The lowest BCUT2D eigenvalue weighted by Gasteiger charge is -2.32. The second kappa shape index (κ2) is 10.4. The molecule has 1 aromatic carbocycles. The Labute approximate surface area is 232 Å². The normalized spacial score (nSPS) is 24.8. The van der Waals surface area contributed by atoms with Gasteiger partial charge >= 0.3 is 7.12 Å². The van der Waals surface area contributed by atoms with Gasteiger partial charge < -0.3 is 23.5 Å². The molecule has 1 amide bonds. The fourth-order valence-electron chi connectivity index (χ4n) is 6.22. The predicted molar refractivity (Wildman–Crippen MR) is 153 cm³/mol. The number of hydrogen-bond donors (Lipinski definition) is 0. The Kier molecular flexibility index (Phi) is 7.06. The molecule has 4 heterocycles. The average Bonchev–Trinajstić information content (AvgIpc) is 3.41. The molecule has 0 atom stereocenters. The molecular weight excluding hydrogens is 489 g/mol. The monoisotopic (exact) mass is 529 g/mol. The Morgan fingerprint density at radius 2 is 1.67 bits per heavy atom. The Bertz CT molecular complexity index is 1310. The fourth-order valence-corrected chi connectivity index (χ4v) is 6.22. The van der Waals surface area contributed by atoms with Crippen LogP contribution in [0.3, 0.4) is 0 Å². The van der Waals surface area contributed by atoms with E-state index in [0.29, 0.717) is 43.7 Å². The topological polar surface area (TPSA) is 65.8 Å². The fraction of sp³-hybridized carbons (Fsp3) is 0.548. The lowest BCUT2D eigenvalue weighted by molar-refractivity contribution is 0.00578. The first kappa shape index (κ1) is 26.5. The molecule has 2 saturated heterocycles. The minimum absolute atomic E-state index is 0.0331. The van der Waals surface area contributed by atoms with Crippen molar-refractivity contribution in [2.75, 3.05) is 26.3 Å². The highest BCUT2D eigenvalue weighted by atomic mass is 16.7. The van der Waals surface area contributed by atoms with E-state index in [1.807, 2.05) is 17.3 Å². The summed E-state index contributed by atoms with van der Waals surface area (Å²) in [6.07, 6.45) is 8.60. The maximum atomic E-state index is 13.6. The van der Waals surface area contributed by atoms with Crippen LogP contribution in [0, 0.1) is 5.92 Å². The molecule has 206 valence electrons. The SMILES string of the molecule is CC1(C)OB(c2cnc3c(C(=O)N4CCOCC4)cn(CC4CCC(c5ccccc5)CC4)c3c2)OC1(C)C. The molecule has 2 aliphatic heterocycles. The lowest BCUT2D eigenvalue weighted by atomic mass is 9.78. The highest BCUT2D eigenvalue weighted by Gasteiger charge is 2.52. The van der Waals surface area contributed by atoms with Crippen molar-refractivity contribution in [3.05, 3.63) is 59.9 Å². The maximum Gasteiger partial charge on any atom is 0.496 e. The zero-order valence-corrected chi connectivity index (χ0v) is 23.7. The third kappa shape index (κ3) is 5.14. The minimum Gasteiger partial charge on any atom is -0.399 e. The van der Waals surface area contributed by atoms with Crippen molar-refractivity contribution < 1.29 is 18.8 Å². The summed E-state index contributed by atoms with van der Waals surface area (Å²) in [5.41, 5.74) is 3.89. The van der Waals surface area contributed by atoms with Crippen molar-refractivity contribution in [1.82, 2.24) is 14.5 Å². The highest BCUT2D eigenvalue weighted by molar-refractivity contribution is 6.62. The van der Waals surface area contributed by atoms with Gasteiger partial charge in [-0.15, -0.1) is 0 Å². The van der Waals surface area contributed by atoms with Crippen LogP contribution < -0.4 is 5.46 Å². The van der Waals surface area contributed by atoms with Crippen LogP contribution in [-0.2, 0) is 20.6 Å². The average molecular weight is 529 g/mol. The summed E-state index contributed by atoms with van der Waals surface area (Å²) in [5, 5.41) is 0. The van der Waals surface area contributed by atoms with Gasteiger partial charge in [-0.1, -0.05) is 30.3 Å². The summed E-state index contributed by atoms with van der Waals surface area (Å²) in [6.45, 7) is 11.5. The van der Waals surface area contributed by atoms with Crippen molar-refractivity contribution in [2.24, 2.45) is 5.92 Å². The van der Waals surface area contributed by atoms with Crippen molar-refractivity contribution >= 4 is 29.5 Å². The number of ether oxygens (including phenoxy) is 1. The van der Waals surface area contributed by atoms with Crippen LogP contribution in [0.5, 0.6) is 0 Å². The number of carbonyl (C=O) groups is 1. The molecule has 1 saturated carbocycles. The van der Waals surface area contributed by atoms with Crippen LogP contribution in [0.2, 0.25) is 0 Å². The van der Waals surface area contributed by atoms with E-state index in [1.54, 1.807) is 0 Å². The van der Waals surface area contributed by atoms with Crippen molar-refractivity contribution in [3.8, 4) is 0 Å². The molecule has 0 spiro atoms. The van der Waals surface area contributed by atoms with E-state index in [-0.39, 0.29) is 5.91 Å². The number of hydrogen-bond acceptors (Lipinski definition) is 5. The third-order valence-corrected chi connectivity index (χ3v) is 9.36. The number of aromatic nitrogens is 2. The number of carbonyl (C=O) groups excluding carboxylic acids is 1. The van der Waals surface area contributed by atoms with Crippen molar-refractivity contribution in [2.45, 2.75) is 77.0 Å². The van der Waals surface area contributed by atoms with Gasteiger partial charge in [-0.05, 0) is 76.8 Å². The van der Waals surface area contributed by atoms with E-state index < -0.39 is 18.3 Å². The molecule has 3 aromatic rings. The van der Waals surface area contributed by atoms with Crippen molar-refractivity contribution in [3.63, 3.8) is 0 Å². The Balaban J connectivity index is 1.28. The zero-order chi connectivity index (χ0) is 27.2. The second-order valence-corrected chi connectivity index (χ2v) is 12.5. The lowest BCUT2D eigenvalue weighted by Crippen LogP contribution is -2.41. The third-order valence-electron chi connectivity index (χ3n) is 9.36. The van der Waals surface area contributed by atoms with Crippen LogP contribution in [0.15, 0.2) is 48.8 Å². The van der Waals surface area contributed by atoms with Gasteiger partial charge in [-0.3, -0.25) is 9.78 Å². The molecule has 0 N–H and O–H groups in total. The Morgan fingerprint density at radius 3 is 2.33 bits per heavy atom. The first-order valence-corrected chi connectivity index (χ1v) is 14.5. The van der Waals surface area contributed by atoms with E-state index in [2.05, 4.69) is 68.7 Å². The highest BCUT2D eigenvalue weighted by Crippen LogP contribution is 2.38. The van der Waals surface area contributed by atoms with E-state index in [1.165, 1.54) is 31.2 Å². The van der Waals surface area contributed by atoms with Crippen LogP contribution in [0.25, 0.3) is 11.0 Å². The van der Waals surface area contributed by atoms with Crippen LogP contribution in [-0.4, -0.2) is 65.0 Å². The molecule has 6 rings (SSSR count). The Morgan fingerprint density at radius 1 is 1.00 bits per heavy atom. The first-order chi connectivity index (χ1) is 18.7. The number of benzene rings is 1. The van der Waals surface area contributed by atoms with Crippen LogP contribution in [0.1, 0.15) is 75.2 Å². The molecule has 0 unspecified atom stereocenters. The smallest absolute Gasteiger partial charge is 0.399 e. The first-order valence-electron chi connectivity index (χ1n) is 14.5. The van der Waals surface area contributed by atoms with E-state index >= 15 is 0 Å². The molecule has 7 nitrogen and oxygen atoms in total. The predicted octanol–water partition coefficient (Wildman–Crippen LogP) is 4.78. The van der Waals surface area contributed by atoms with Crippen LogP contribution >= 0.6 is 0 Å². The van der Waals surface area contributed by atoms with Gasteiger partial charge in [0, 0.05) is 37.5 Å². The quantitative estimate of drug-likeness (QED) is 0.445. The number of rotatable bonds is 5. The van der Waals surface area contributed by atoms with Gasteiger partial charge in [0.25, 0.3) is 5.91 Å². The number of fused-ring (bicyclic) bond motifs is 1. The summed E-state index contributed by atoms with van der Waals surface area (Å²) < 4.78 is 20.4. The molecular formula is C31H40BN3O4. The second-order valence-electron chi connectivity index (χ2n) is 12.5. The minimum atomic E-state index is -0.491. The van der Waals surface area contributed by atoms with E-state index in [9.17, 15) is 4.79 Å².